The lowest BCUT2D eigenvalue weighted by Gasteiger charge is -2.24. The fourth-order valence-electron chi connectivity index (χ4n) is 7.42. The molecule has 0 saturated carbocycles. The predicted molar refractivity (Wildman–Crippen MR) is 188 cm³/mol. The third-order valence-corrected chi connectivity index (χ3v) is 9.21. The second-order valence-corrected chi connectivity index (χ2v) is 11.6. The van der Waals surface area contributed by atoms with Crippen LogP contribution in [0.3, 0.4) is 0 Å². The van der Waals surface area contributed by atoms with E-state index in [-0.39, 0.29) is 0 Å². The van der Waals surface area contributed by atoms with Crippen LogP contribution in [0.1, 0.15) is 0 Å². The van der Waals surface area contributed by atoms with E-state index in [1.165, 1.54) is 88.3 Å². The van der Waals surface area contributed by atoms with E-state index in [0.29, 0.717) is 0 Å². The van der Waals surface area contributed by atoms with Crippen LogP contribution < -0.4 is 0 Å². The first kappa shape index (κ1) is 24.8. The Balaban J connectivity index is 1.55. The monoisotopic (exact) mass is 556 g/mol. The SMILES string of the molecule is c1ccc(-c2ccccc2-c2c(-c3ccccc3)c(-c3ccccc3)c3c4c(cccc24)-c2ccc4ccccc4c2-3)cc1. The molecule has 0 aliphatic heterocycles. The van der Waals surface area contributed by atoms with Gasteiger partial charge < -0.3 is 0 Å². The van der Waals surface area contributed by atoms with Crippen LogP contribution in [-0.2, 0) is 0 Å². The molecule has 1 aliphatic carbocycles. The van der Waals surface area contributed by atoms with Gasteiger partial charge >= 0.3 is 0 Å². The maximum Gasteiger partial charge on any atom is -0.000138 e. The molecule has 204 valence electrons. The lowest BCUT2D eigenvalue weighted by molar-refractivity contribution is 1.57. The molecule has 0 atom stereocenters. The first-order valence-electron chi connectivity index (χ1n) is 15.3. The lowest BCUT2D eigenvalue weighted by Crippen LogP contribution is -1.97. The molecule has 0 N–H and O–H groups in total. The average molecular weight is 557 g/mol. The van der Waals surface area contributed by atoms with Gasteiger partial charge in [0.15, 0.2) is 0 Å². The van der Waals surface area contributed by atoms with E-state index >= 15 is 0 Å². The molecule has 0 bridgehead atoms. The highest BCUT2D eigenvalue weighted by atomic mass is 14.3. The molecule has 0 heteroatoms. The molecule has 44 heavy (non-hydrogen) atoms. The summed E-state index contributed by atoms with van der Waals surface area (Å²) in [5, 5.41) is 5.21. The molecular formula is C44H28. The van der Waals surface area contributed by atoms with Crippen LogP contribution in [0.2, 0.25) is 0 Å². The van der Waals surface area contributed by atoms with Gasteiger partial charge in [0, 0.05) is 0 Å². The van der Waals surface area contributed by atoms with Crippen molar-refractivity contribution in [2.24, 2.45) is 0 Å². The van der Waals surface area contributed by atoms with E-state index in [1.54, 1.807) is 0 Å². The Hall–Kier alpha value is -5.72. The summed E-state index contributed by atoms with van der Waals surface area (Å²) in [6.07, 6.45) is 0. The second-order valence-electron chi connectivity index (χ2n) is 11.6. The zero-order valence-corrected chi connectivity index (χ0v) is 24.2. The summed E-state index contributed by atoms with van der Waals surface area (Å²) in [6.45, 7) is 0. The van der Waals surface area contributed by atoms with Crippen LogP contribution in [0.4, 0.5) is 0 Å². The van der Waals surface area contributed by atoms with Gasteiger partial charge in [-0.25, -0.2) is 0 Å². The van der Waals surface area contributed by atoms with E-state index in [9.17, 15) is 0 Å². The number of hydrogen-bond acceptors (Lipinski definition) is 0. The fourth-order valence-corrected chi connectivity index (χ4v) is 7.42. The molecule has 0 heterocycles. The van der Waals surface area contributed by atoms with Crippen molar-refractivity contribution in [3.8, 4) is 66.8 Å². The largest absolute Gasteiger partial charge is 0.0622 e. The van der Waals surface area contributed by atoms with Gasteiger partial charge in [0.1, 0.15) is 0 Å². The maximum absolute atomic E-state index is 2.34. The summed E-state index contributed by atoms with van der Waals surface area (Å²) in [5.74, 6) is 0. The minimum atomic E-state index is 1.22. The topological polar surface area (TPSA) is 0 Å². The van der Waals surface area contributed by atoms with Crippen LogP contribution in [0, 0.1) is 0 Å². The Labute approximate surface area is 257 Å². The summed E-state index contributed by atoms with van der Waals surface area (Å²) in [7, 11) is 0. The number of benzene rings is 8. The predicted octanol–water partition coefficient (Wildman–Crippen LogP) is 12.3. The van der Waals surface area contributed by atoms with E-state index < -0.39 is 0 Å². The highest BCUT2D eigenvalue weighted by Gasteiger charge is 2.32. The first-order chi connectivity index (χ1) is 21.9. The lowest BCUT2D eigenvalue weighted by atomic mass is 9.78. The molecule has 0 radical (unpaired) electrons. The molecule has 0 spiro atoms. The summed E-state index contributed by atoms with van der Waals surface area (Å²) in [4.78, 5) is 0. The van der Waals surface area contributed by atoms with Crippen LogP contribution in [-0.4, -0.2) is 0 Å². The quantitative estimate of drug-likeness (QED) is 0.202. The van der Waals surface area contributed by atoms with Crippen LogP contribution in [0.25, 0.3) is 88.3 Å². The minimum Gasteiger partial charge on any atom is -0.0622 e. The Morgan fingerprint density at radius 3 is 1.45 bits per heavy atom. The van der Waals surface area contributed by atoms with Crippen molar-refractivity contribution in [2.75, 3.05) is 0 Å². The van der Waals surface area contributed by atoms with Gasteiger partial charge in [0.2, 0.25) is 0 Å². The molecule has 8 aromatic rings. The number of hydrogen-bond donors (Lipinski definition) is 0. The van der Waals surface area contributed by atoms with Crippen molar-refractivity contribution in [1.29, 1.82) is 0 Å². The summed E-state index contributed by atoms with van der Waals surface area (Å²) >= 11 is 0. The van der Waals surface area contributed by atoms with Crippen molar-refractivity contribution in [2.45, 2.75) is 0 Å². The smallest absolute Gasteiger partial charge is 0.000138 e. The molecule has 1 aliphatic rings. The average Bonchev–Trinajstić information content (AvgIpc) is 3.45. The molecular weight excluding hydrogens is 528 g/mol. The Morgan fingerprint density at radius 2 is 0.750 bits per heavy atom. The summed E-state index contributed by atoms with van der Waals surface area (Å²) in [6, 6.07) is 62.1. The molecule has 0 fully saturated rings. The highest BCUT2D eigenvalue weighted by molar-refractivity contribution is 6.30. The van der Waals surface area contributed by atoms with Crippen LogP contribution in [0.5, 0.6) is 0 Å². The Bertz CT molecular complexity index is 2350. The normalized spacial score (nSPS) is 11.6. The second kappa shape index (κ2) is 9.93. The molecule has 0 amide bonds. The molecule has 0 saturated heterocycles. The van der Waals surface area contributed by atoms with Gasteiger partial charge in [-0.05, 0) is 88.3 Å². The van der Waals surface area contributed by atoms with Crippen molar-refractivity contribution >= 4 is 21.5 Å². The van der Waals surface area contributed by atoms with Gasteiger partial charge in [-0.15, -0.1) is 0 Å². The molecule has 0 nitrogen and oxygen atoms in total. The van der Waals surface area contributed by atoms with Crippen molar-refractivity contribution in [3.05, 3.63) is 170 Å². The summed E-state index contributed by atoms with van der Waals surface area (Å²) < 4.78 is 0. The van der Waals surface area contributed by atoms with Gasteiger partial charge in [-0.3, -0.25) is 0 Å². The third kappa shape index (κ3) is 3.65. The molecule has 0 unspecified atom stereocenters. The first-order valence-corrected chi connectivity index (χ1v) is 15.3. The van der Waals surface area contributed by atoms with Gasteiger partial charge in [-0.2, -0.15) is 0 Å². The minimum absolute atomic E-state index is 1.22. The van der Waals surface area contributed by atoms with Crippen molar-refractivity contribution in [3.63, 3.8) is 0 Å². The van der Waals surface area contributed by atoms with Crippen LogP contribution in [0.15, 0.2) is 170 Å². The van der Waals surface area contributed by atoms with Crippen molar-refractivity contribution in [1.82, 2.24) is 0 Å². The zero-order valence-electron chi connectivity index (χ0n) is 24.2. The zero-order chi connectivity index (χ0) is 29.0. The van der Waals surface area contributed by atoms with Crippen LogP contribution >= 0.6 is 0 Å². The van der Waals surface area contributed by atoms with E-state index in [4.69, 9.17) is 0 Å². The van der Waals surface area contributed by atoms with Gasteiger partial charge in [0.25, 0.3) is 0 Å². The molecule has 9 rings (SSSR count). The fraction of sp³-hybridized carbons (Fsp3) is 0. The number of fused-ring (bicyclic) bond motifs is 5. The number of rotatable bonds is 4. The van der Waals surface area contributed by atoms with Gasteiger partial charge in [-0.1, -0.05) is 170 Å². The van der Waals surface area contributed by atoms with E-state index in [2.05, 4.69) is 170 Å². The van der Waals surface area contributed by atoms with E-state index in [1.807, 2.05) is 0 Å². The van der Waals surface area contributed by atoms with Gasteiger partial charge in [0.05, 0.1) is 0 Å². The standard InChI is InChI=1S/C44H28/c1-4-15-29(16-5-1)33-22-12-13-24-35(33)42-38-26-14-25-36-37-28-27-30-17-10-11-23-34(30)41(37)44(43(36)38)40(32-20-8-3-9-21-32)39(42)31-18-6-2-7-19-31/h1-28H. The Morgan fingerprint density at radius 1 is 0.227 bits per heavy atom. The van der Waals surface area contributed by atoms with Crippen molar-refractivity contribution < 1.29 is 0 Å². The summed E-state index contributed by atoms with van der Waals surface area (Å²) in [5.41, 5.74) is 15.3. The maximum atomic E-state index is 2.34. The highest BCUT2D eigenvalue weighted by Crippen LogP contribution is 2.59. The Kier molecular flexibility index (Phi) is 5.61. The van der Waals surface area contributed by atoms with E-state index in [0.717, 1.165) is 0 Å². The molecule has 8 aromatic carbocycles. The third-order valence-electron chi connectivity index (χ3n) is 9.21. The molecule has 0 aromatic heterocycles.